The molecule has 0 aliphatic heterocycles. The summed E-state index contributed by atoms with van der Waals surface area (Å²) in [6, 6.07) is 6.59. The fraction of sp³-hybridized carbons (Fsp3) is 0.500. The highest BCUT2D eigenvalue weighted by atomic mass is 32.2. The number of carbonyl (C=O) groups excluding carboxylic acids is 1. The first-order valence-electron chi connectivity index (χ1n) is 6.61. The SMILES string of the molecule is COC(=O)CC(C)Sc1ccccc1S(=O)(=O)NC(C)C. The normalized spacial score (nSPS) is 13.2. The minimum absolute atomic E-state index is 0.0761. The van der Waals surface area contributed by atoms with E-state index in [1.54, 1.807) is 38.1 Å². The molecule has 0 saturated carbocycles. The summed E-state index contributed by atoms with van der Waals surface area (Å²) < 4.78 is 31.8. The summed E-state index contributed by atoms with van der Waals surface area (Å²) in [6.45, 7) is 5.40. The minimum Gasteiger partial charge on any atom is -0.469 e. The number of methoxy groups -OCH3 is 1. The highest BCUT2D eigenvalue weighted by Crippen LogP contribution is 2.31. The number of thioether (sulfide) groups is 1. The third-order valence-corrected chi connectivity index (χ3v) is 5.56. The van der Waals surface area contributed by atoms with E-state index < -0.39 is 10.0 Å². The predicted octanol–water partition coefficient (Wildman–Crippen LogP) is 2.42. The number of hydrogen-bond acceptors (Lipinski definition) is 5. The van der Waals surface area contributed by atoms with E-state index in [-0.39, 0.29) is 28.6 Å². The zero-order valence-electron chi connectivity index (χ0n) is 12.6. The maximum absolute atomic E-state index is 12.3. The Hall–Kier alpha value is -1.05. The molecule has 0 saturated heterocycles. The minimum atomic E-state index is -3.56. The zero-order valence-corrected chi connectivity index (χ0v) is 14.3. The first-order chi connectivity index (χ1) is 9.76. The number of sulfonamides is 1. The van der Waals surface area contributed by atoms with Gasteiger partial charge in [0.1, 0.15) is 0 Å². The largest absolute Gasteiger partial charge is 0.469 e. The Kier molecular flexibility index (Phi) is 6.70. The fourth-order valence-electron chi connectivity index (χ4n) is 1.72. The Morgan fingerprint density at radius 3 is 2.48 bits per heavy atom. The van der Waals surface area contributed by atoms with Gasteiger partial charge in [-0.25, -0.2) is 13.1 Å². The molecule has 1 aromatic carbocycles. The molecular weight excluding hydrogens is 310 g/mol. The van der Waals surface area contributed by atoms with Crippen molar-refractivity contribution in [1.29, 1.82) is 0 Å². The van der Waals surface area contributed by atoms with Gasteiger partial charge in [0.05, 0.1) is 18.4 Å². The number of carbonyl (C=O) groups is 1. The molecule has 1 atom stereocenters. The van der Waals surface area contributed by atoms with Crippen LogP contribution in [-0.4, -0.2) is 32.8 Å². The third-order valence-electron chi connectivity index (χ3n) is 2.54. The predicted molar refractivity (Wildman–Crippen MR) is 83.9 cm³/mol. The summed E-state index contributed by atoms with van der Waals surface area (Å²) in [4.78, 5) is 12.1. The van der Waals surface area contributed by atoms with Crippen molar-refractivity contribution in [3.8, 4) is 0 Å². The van der Waals surface area contributed by atoms with Crippen LogP contribution in [0.1, 0.15) is 27.2 Å². The smallest absolute Gasteiger partial charge is 0.306 e. The summed E-state index contributed by atoms with van der Waals surface area (Å²) in [7, 11) is -2.22. The molecule has 0 bridgehead atoms. The Bertz CT molecular complexity index is 584. The zero-order chi connectivity index (χ0) is 16.0. The molecule has 0 radical (unpaired) electrons. The lowest BCUT2D eigenvalue weighted by Crippen LogP contribution is -2.30. The molecule has 0 aromatic heterocycles. The molecule has 1 N–H and O–H groups in total. The maximum atomic E-state index is 12.3. The Morgan fingerprint density at radius 2 is 1.90 bits per heavy atom. The van der Waals surface area contributed by atoms with Gasteiger partial charge in [-0.2, -0.15) is 0 Å². The Balaban J connectivity index is 2.97. The molecule has 1 unspecified atom stereocenters. The van der Waals surface area contributed by atoms with Gasteiger partial charge in [0.2, 0.25) is 10.0 Å². The monoisotopic (exact) mass is 331 g/mol. The van der Waals surface area contributed by atoms with E-state index in [9.17, 15) is 13.2 Å². The van der Waals surface area contributed by atoms with Crippen LogP contribution in [0.25, 0.3) is 0 Å². The van der Waals surface area contributed by atoms with Gasteiger partial charge in [-0.15, -0.1) is 11.8 Å². The van der Waals surface area contributed by atoms with Crippen LogP contribution in [0.3, 0.4) is 0 Å². The van der Waals surface area contributed by atoms with Crippen molar-refractivity contribution in [2.75, 3.05) is 7.11 Å². The molecule has 1 rings (SSSR count). The second-order valence-corrected chi connectivity index (χ2v) is 8.09. The lowest BCUT2D eigenvalue weighted by Gasteiger charge is -2.15. The second kappa shape index (κ2) is 7.82. The van der Waals surface area contributed by atoms with Crippen LogP contribution >= 0.6 is 11.8 Å². The molecule has 21 heavy (non-hydrogen) atoms. The van der Waals surface area contributed by atoms with E-state index in [2.05, 4.69) is 9.46 Å². The van der Waals surface area contributed by atoms with E-state index in [4.69, 9.17) is 0 Å². The first kappa shape index (κ1) is 18.0. The van der Waals surface area contributed by atoms with Crippen molar-refractivity contribution in [3.63, 3.8) is 0 Å². The molecule has 1 aromatic rings. The van der Waals surface area contributed by atoms with Crippen molar-refractivity contribution in [1.82, 2.24) is 4.72 Å². The lowest BCUT2D eigenvalue weighted by atomic mass is 10.3. The van der Waals surface area contributed by atoms with Gasteiger partial charge in [-0.3, -0.25) is 4.79 Å². The highest BCUT2D eigenvalue weighted by Gasteiger charge is 2.21. The molecule has 0 aliphatic carbocycles. The third kappa shape index (κ3) is 5.68. The average molecular weight is 331 g/mol. The van der Waals surface area contributed by atoms with E-state index >= 15 is 0 Å². The van der Waals surface area contributed by atoms with Crippen LogP contribution < -0.4 is 4.72 Å². The van der Waals surface area contributed by atoms with E-state index in [1.165, 1.54) is 18.9 Å². The summed E-state index contributed by atoms with van der Waals surface area (Å²) in [5.74, 6) is -0.310. The maximum Gasteiger partial charge on any atom is 0.306 e. The molecule has 118 valence electrons. The van der Waals surface area contributed by atoms with E-state index in [1.807, 2.05) is 6.92 Å². The summed E-state index contributed by atoms with van der Waals surface area (Å²) >= 11 is 1.35. The van der Waals surface area contributed by atoms with Crippen LogP contribution in [0, 0.1) is 0 Å². The van der Waals surface area contributed by atoms with Crippen LogP contribution in [0.15, 0.2) is 34.1 Å². The number of benzene rings is 1. The van der Waals surface area contributed by atoms with Crippen LogP contribution in [0.5, 0.6) is 0 Å². The number of esters is 1. The van der Waals surface area contributed by atoms with Gasteiger partial charge in [0, 0.05) is 16.2 Å². The molecule has 0 fully saturated rings. The second-order valence-electron chi connectivity index (χ2n) is 4.93. The van der Waals surface area contributed by atoms with Crippen LogP contribution in [0.2, 0.25) is 0 Å². The number of nitrogens with one attached hydrogen (secondary N) is 1. The fourth-order valence-corrected chi connectivity index (χ4v) is 4.53. The first-order valence-corrected chi connectivity index (χ1v) is 8.97. The molecule has 7 heteroatoms. The summed E-state index contributed by atoms with van der Waals surface area (Å²) in [6.07, 6.45) is 0.229. The van der Waals surface area contributed by atoms with Gasteiger partial charge in [0.15, 0.2) is 0 Å². The van der Waals surface area contributed by atoms with Crippen LogP contribution in [-0.2, 0) is 19.6 Å². The molecule has 5 nitrogen and oxygen atoms in total. The molecule has 0 amide bonds. The quantitative estimate of drug-likeness (QED) is 0.613. The van der Waals surface area contributed by atoms with Gasteiger partial charge in [-0.05, 0) is 26.0 Å². The molecule has 0 aliphatic rings. The number of hydrogen-bond donors (Lipinski definition) is 1. The van der Waals surface area contributed by atoms with E-state index in [0.717, 1.165) is 0 Å². The van der Waals surface area contributed by atoms with Crippen molar-refractivity contribution >= 4 is 27.8 Å². The van der Waals surface area contributed by atoms with Gasteiger partial charge < -0.3 is 4.74 Å². The van der Waals surface area contributed by atoms with Gasteiger partial charge in [0.25, 0.3) is 0 Å². The Labute approximate surface area is 130 Å². The van der Waals surface area contributed by atoms with E-state index in [0.29, 0.717) is 4.90 Å². The van der Waals surface area contributed by atoms with Crippen molar-refractivity contribution in [2.45, 2.75) is 48.3 Å². The number of ether oxygens (including phenoxy) is 1. The van der Waals surface area contributed by atoms with Gasteiger partial charge >= 0.3 is 5.97 Å². The van der Waals surface area contributed by atoms with Crippen molar-refractivity contribution in [3.05, 3.63) is 24.3 Å². The van der Waals surface area contributed by atoms with Crippen LogP contribution in [0.4, 0.5) is 0 Å². The molecule has 0 spiro atoms. The van der Waals surface area contributed by atoms with Crippen molar-refractivity contribution in [2.24, 2.45) is 0 Å². The number of rotatable bonds is 7. The molecule has 0 heterocycles. The standard InChI is InChI=1S/C14H21NO4S2/c1-10(2)15-21(17,18)13-8-6-5-7-12(13)20-11(3)9-14(16)19-4/h5-8,10-11,15H,9H2,1-4H3. The summed E-state index contributed by atoms with van der Waals surface area (Å²) in [5.41, 5.74) is 0. The highest BCUT2D eigenvalue weighted by molar-refractivity contribution is 8.00. The Morgan fingerprint density at radius 1 is 1.29 bits per heavy atom. The molecular formula is C14H21NO4S2. The average Bonchev–Trinajstić information content (AvgIpc) is 2.37. The lowest BCUT2D eigenvalue weighted by molar-refractivity contribution is -0.140. The topological polar surface area (TPSA) is 72.5 Å². The van der Waals surface area contributed by atoms with Gasteiger partial charge in [-0.1, -0.05) is 19.1 Å². The summed E-state index contributed by atoms with van der Waals surface area (Å²) in [5, 5.41) is -0.0761. The van der Waals surface area contributed by atoms with Crippen molar-refractivity contribution < 1.29 is 17.9 Å².